The minimum absolute atomic E-state index is 0.150. The maximum atomic E-state index is 12.9. The highest BCUT2D eigenvalue weighted by Gasteiger charge is 2.39. The fourth-order valence-electron chi connectivity index (χ4n) is 5.05. The first-order chi connectivity index (χ1) is 16.4. The van der Waals surface area contributed by atoms with Crippen molar-refractivity contribution >= 4 is 23.7 Å². The molecule has 0 spiro atoms. The number of benzene rings is 1. The van der Waals surface area contributed by atoms with Crippen LogP contribution < -0.4 is 5.32 Å². The fraction of sp³-hybridized carbons (Fsp3) is 0.458. The zero-order valence-corrected chi connectivity index (χ0v) is 18.9. The summed E-state index contributed by atoms with van der Waals surface area (Å²) in [6, 6.07) is 5.38. The van der Waals surface area contributed by atoms with Crippen molar-refractivity contribution in [1.29, 1.82) is 0 Å². The highest BCUT2D eigenvalue weighted by molar-refractivity contribution is 6.05. The Kier molecular flexibility index (Phi) is 5.91. The van der Waals surface area contributed by atoms with Gasteiger partial charge in [-0.05, 0) is 55.5 Å². The highest BCUT2D eigenvalue weighted by atomic mass is 16.5. The number of esters is 1. The molecule has 2 saturated heterocycles. The number of likely N-dealkylation sites (tertiary alicyclic amines) is 1. The van der Waals surface area contributed by atoms with Gasteiger partial charge in [0.1, 0.15) is 12.3 Å². The molecule has 10 nitrogen and oxygen atoms in total. The van der Waals surface area contributed by atoms with E-state index in [1.54, 1.807) is 4.90 Å². The largest absolute Gasteiger partial charge is 0.464 e. The number of methoxy groups -OCH3 is 1. The van der Waals surface area contributed by atoms with Gasteiger partial charge in [0.2, 0.25) is 17.7 Å². The van der Waals surface area contributed by atoms with Crippen molar-refractivity contribution in [1.82, 2.24) is 20.1 Å². The van der Waals surface area contributed by atoms with Crippen LogP contribution in [0, 0.1) is 0 Å². The van der Waals surface area contributed by atoms with Crippen LogP contribution in [-0.4, -0.2) is 64.7 Å². The van der Waals surface area contributed by atoms with E-state index in [1.807, 2.05) is 12.1 Å². The van der Waals surface area contributed by atoms with Crippen LogP contribution in [0.15, 0.2) is 28.9 Å². The molecule has 1 aromatic carbocycles. The van der Waals surface area contributed by atoms with Crippen molar-refractivity contribution in [2.75, 3.05) is 20.2 Å². The van der Waals surface area contributed by atoms with Gasteiger partial charge in [-0.25, -0.2) is 9.78 Å². The molecule has 0 saturated carbocycles. The molecule has 2 fully saturated rings. The van der Waals surface area contributed by atoms with Gasteiger partial charge >= 0.3 is 5.97 Å². The number of fused-ring (bicyclic) bond motifs is 1. The average Bonchev–Trinajstić information content (AvgIpc) is 3.43. The van der Waals surface area contributed by atoms with E-state index in [-0.39, 0.29) is 23.9 Å². The number of carbonyl (C=O) groups is 4. The standard InChI is InChI=1S/C24H26N4O6/c1-33-24(32)18-13-34-21(25-18)12-27-8-6-14(7-9-27)15-2-3-17-16(10-15)11-28(23(17)31)19-4-5-20(29)26-22(19)30/h2-3,10,13-14,19H,4-9,11-12H2,1H3,(H,26,29,30). The Bertz CT molecular complexity index is 1150. The lowest BCUT2D eigenvalue weighted by molar-refractivity contribution is -0.136. The van der Waals surface area contributed by atoms with E-state index in [0.29, 0.717) is 36.9 Å². The maximum Gasteiger partial charge on any atom is 0.360 e. The molecule has 1 atom stereocenters. The van der Waals surface area contributed by atoms with Crippen LogP contribution in [0.1, 0.15) is 69.5 Å². The number of hydrogen-bond acceptors (Lipinski definition) is 8. The van der Waals surface area contributed by atoms with Gasteiger partial charge in [0.25, 0.3) is 5.91 Å². The smallest absolute Gasteiger partial charge is 0.360 e. The highest BCUT2D eigenvalue weighted by Crippen LogP contribution is 2.33. The summed E-state index contributed by atoms with van der Waals surface area (Å²) in [5, 5.41) is 2.34. The Hall–Kier alpha value is -3.53. The van der Waals surface area contributed by atoms with Crippen molar-refractivity contribution in [2.24, 2.45) is 0 Å². The second kappa shape index (κ2) is 9.02. The van der Waals surface area contributed by atoms with E-state index in [2.05, 4.69) is 26.0 Å². The number of aromatic nitrogens is 1. The first kappa shape index (κ1) is 22.3. The van der Waals surface area contributed by atoms with Gasteiger partial charge in [-0.15, -0.1) is 0 Å². The number of piperidine rings is 2. The summed E-state index contributed by atoms with van der Waals surface area (Å²) in [4.78, 5) is 56.2. The number of amides is 3. The normalized spacial score (nSPS) is 21.5. The number of imide groups is 1. The van der Waals surface area contributed by atoms with Gasteiger partial charge in [0.05, 0.1) is 13.7 Å². The van der Waals surface area contributed by atoms with Crippen molar-refractivity contribution in [3.63, 3.8) is 0 Å². The number of rotatable bonds is 5. The summed E-state index contributed by atoms with van der Waals surface area (Å²) in [6.45, 7) is 2.64. The van der Waals surface area contributed by atoms with Crippen LogP contribution in [0.25, 0.3) is 0 Å². The summed E-state index contributed by atoms with van der Waals surface area (Å²) in [5.74, 6) is -0.483. The van der Waals surface area contributed by atoms with E-state index in [0.717, 1.165) is 31.5 Å². The third-order valence-corrected chi connectivity index (χ3v) is 6.91. The molecule has 1 aromatic heterocycles. The Morgan fingerprint density at radius 2 is 2.00 bits per heavy atom. The van der Waals surface area contributed by atoms with Gasteiger partial charge in [0.15, 0.2) is 5.69 Å². The van der Waals surface area contributed by atoms with E-state index >= 15 is 0 Å². The lowest BCUT2D eigenvalue weighted by Crippen LogP contribution is -2.52. The van der Waals surface area contributed by atoms with Crippen LogP contribution in [0.5, 0.6) is 0 Å². The quantitative estimate of drug-likeness (QED) is 0.521. The Morgan fingerprint density at radius 1 is 1.21 bits per heavy atom. The topological polar surface area (TPSA) is 122 Å². The molecule has 1 N–H and O–H groups in total. The Balaban J connectivity index is 1.20. The van der Waals surface area contributed by atoms with Crippen molar-refractivity contribution in [3.8, 4) is 0 Å². The first-order valence-corrected chi connectivity index (χ1v) is 11.5. The van der Waals surface area contributed by atoms with Crippen LogP contribution in [-0.2, 0) is 27.4 Å². The SMILES string of the molecule is COC(=O)c1coc(CN2CCC(c3ccc4c(c3)CN(C3CCC(=O)NC3=O)C4=O)CC2)n1. The van der Waals surface area contributed by atoms with E-state index in [9.17, 15) is 19.2 Å². The molecule has 34 heavy (non-hydrogen) atoms. The second-order valence-electron chi connectivity index (χ2n) is 8.99. The van der Waals surface area contributed by atoms with E-state index < -0.39 is 17.9 Å². The molecule has 3 amide bonds. The van der Waals surface area contributed by atoms with Crippen molar-refractivity contribution < 1.29 is 28.3 Å². The average molecular weight is 466 g/mol. The third-order valence-electron chi connectivity index (χ3n) is 6.91. The lowest BCUT2D eigenvalue weighted by atomic mass is 9.88. The molecule has 2 aromatic rings. The van der Waals surface area contributed by atoms with Gasteiger partial charge in [-0.1, -0.05) is 12.1 Å². The minimum atomic E-state index is -0.598. The number of ether oxygens (including phenoxy) is 1. The molecule has 0 aliphatic carbocycles. The third kappa shape index (κ3) is 4.21. The molecule has 4 heterocycles. The predicted octanol–water partition coefficient (Wildman–Crippen LogP) is 1.60. The summed E-state index contributed by atoms with van der Waals surface area (Å²) in [6.07, 6.45) is 3.83. The number of hydrogen-bond donors (Lipinski definition) is 1. The van der Waals surface area contributed by atoms with Gasteiger partial charge in [-0.2, -0.15) is 0 Å². The lowest BCUT2D eigenvalue weighted by Gasteiger charge is -2.31. The van der Waals surface area contributed by atoms with Crippen LogP contribution >= 0.6 is 0 Å². The molecule has 3 aliphatic rings. The number of oxazole rings is 1. The molecule has 178 valence electrons. The van der Waals surface area contributed by atoms with Crippen molar-refractivity contribution in [3.05, 3.63) is 52.7 Å². The second-order valence-corrected chi connectivity index (χ2v) is 8.99. The molecule has 3 aliphatic heterocycles. The van der Waals surface area contributed by atoms with Gasteiger partial charge in [-0.3, -0.25) is 24.6 Å². The van der Waals surface area contributed by atoms with E-state index in [4.69, 9.17) is 4.42 Å². The summed E-state index contributed by atoms with van der Waals surface area (Å²) in [5.41, 5.74) is 2.94. The monoisotopic (exact) mass is 466 g/mol. The van der Waals surface area contributed by atoms with Gasteiger partial charge in [0, 0.05) is 18.5 Å². The van der Waals surface area contributed by atoms with Crippen LogP contribution in [0.3, 0.4) is 0 Å². The Labute approximate surface area is 196 Å². The molecule has 10 heteroatoms. The van der Waals surface area contributed by atoms with E-state index in [1.165, 1.54) is 18.9 Å². The summed E-state index contributed by atoms with van der Waals surface area (Å²) in [7, 11) is 1.31. The van der Waals surface area contributed by atoms with Crippen molar-refractivity contribution in [2.45, 2.75) is 50.7 Å². The molecular formula is C24H26N4O6. The van der Waals surface area contributed by atoms with Crippen LogP contribution in [0.2, 0.25) is 0 Å². The minimum Gasteiger partial charge on any atom is -0.464 e. The summed E-state index contributed by atoms with van der Waals surface area (Å²) < 4.78 is 10.1. The number of nitrogens with zero attached hydrogens (tertiary/aromatic N) is 3. The molecule has 0 bridgehead atoms. The molecule has 0 radical (unpaired) electrons. The zero-order valence-electron chi connectivity index (χ0n) is 18.9. The molecular weight excluding hydrogens is 440 g/mol. The summed E-state index contributed by atoms with van der Waals surface area (Å²) >= 11 is 0. The maximum absolute atomic E-state index is 12.9. The van der Waals surface area contributed by atoms with Gasteiger partial charge < -0.3 is 14.1 Å². The number of carbonyl (C=O) groups excluding carboxylic acids is 4. The Morgan fingerprint density at radius 3 is 2.74 bits per heavy atom. The molecule has 5 rings (SSSR count). The first-order valence-electron chi connectivity index (χ1n) is 11.5. The number of nitrogens with one attached hydrogen (secondary N) is 1. The predicted molar refractivity (Wildman–Crippen MR) is 118 cm³/mol. The van der Waals surface area contributed by atoms with Crippen LogP contribution in [0.4, 0.5) is 0 Å². The zero-order chi connectivity index (χ0) is 23.8. The fourth-order valence-corrected chi connectivity index (χ4v) is 5.05. The molecule has 1 unspecified atom stereocenters.